The Kier molecular flexibility index (Phi) is 6.53. The predicted molar refractivity (Wildman–Crippen MR) is 129 cm³/mol. The van der Waals surface area contributed by atoms with Crippen molar-refractivity contribution in [3.63, 3.8) is 0 Å². The van der Waals surface area contributed by atoms with Crippen molar-refractivity contribution < 1.29 is 17.9 Å². The standard InChI is InChI=1S/C23H17Cl2NO4S2/c1-30-15-7-5-14(6-8-15)11-22-23(27)26-20-12-16(9-10-21(20)31-22)32(28,29)13-17-18(24)3-2-4-19(17)25/h2-12H,13H2,1H3,(H,26,27)/b22-11+. The molecule has 0 spiro atoms. The summed E-state index contributed by atoms with van der Waals surface area (Å²) in [5, 5.41) is 3.36. The lowest BCUT2D eigenvalue weighted by molar-refractivity contribution is -0.112. The van der Waals surface area contributed by atoms with Crippen LogP contribution in [0.3, 0.4) is 0 Å². The molecular weight excluding hydrogens is 489 g/mol. The number of halogens is 2. The highest BCUT2D eigenvalue weighted by Gasteiger charge is 2.25. The topological polar surface area (TPSA) is 72.5 Å². The highest BCUT2D eigenvalue weighted by Crippen LogP contribution is 2.40. The third kappa shape index (κ3) is 4.81. The molecule has 164 valence electrons. The second kappa shape index (κ2) is 9.19. The Morgan fingerprint density at radius 3 is 2.38 bits per heavy atom. The molecule has 1 N–H and O–H groups in total. The summed E-state index contributed by atoms with van der Waals surface area (Å²) < 4.78 is 31.1. The zero-order valence-corrected chi connectivity index (χ0v) is 19.9. The Bertz CT molecular complexity index is 1320. The first kappa shape index (κ1) is 22.7. The lowest BCUT2D eigenvalue weighted by atomic mass is 10.2. The van der Waals surface area contributed by atoms with Crippen LogP contribution < -0.4 is 10.1 Å². The Hall–Kier alpha value is -2.45. The third-order valence-corrected chi connectivity index (χ3v) is 8.26. The summed E-state index contributed by atoms with van der Waals surface area (Å²) >= 11 is 13.5. The van der Waals surface area contributed by atoms with Crippen LogP contribution in [-0.4, -0.2) is 21.4 Å². The minimum atomic E-state index is -3.73. The van der Waals surface area contributed by atoms with Gasteiger partial charge in [0.25, 0.3) is 5.91 Å². The summed E-state index contributed by atoms with van der Waals surface area (Å²) in [5.74, 6) is 0.0839. The molecule has 0 aromatic heterocycles. The van der Waals surface area contributed by atoms with E-state index < -0.39 is 9.84 Å². The van der Waals surface area contributed by atoms with Gasteiger partial charge in [-0.1, -0.05) is 53.2 Å². The fourth-order valence-corrected chi connectivity index (χ4v) is 6.18. The number of carbonyl (C=O) groups excluding carboxylic acids is 1. The van der Waals surface area contributed by atoms with E-state index in [1.165, 1.54) is 23.9 Å². The van der Waals surface area contributed by atoms with Crippen molar-refractivity contribution in [3.8, 4) is 5.75 Å². The summed E-state index contributed by atoms with van der Waals surface area (Å²) in [4.78, 5) is 13.9. The highest BCUT2D eigenvalue weighted by atomic mass is 35.5. The van der Waals surface area contributed by atoms with E-state index in [-0.39, 0.29) is 26.6 Å². The van der Waals surface area contributed by atoms with Crippen molar-refractivity contribution >= 4 is 62.5 Å². The van der Waals surface area contributed by atoms with E-state index in [1.54, 1.807) is 37.5 Å². The number of anilines is 1. The van der Waals surface area contributed by atoms with Crippen LogP contribution in [0.1, 0.15) is 11.1 Å². The number of rotatable bonds is 5. The second-order valence-corrected chi connectivity index (χ2v) is 10.8. The maximum Gasteiger partial charge on any atom is 0.262 e. The molecule has 32 heavy (non-hydrogen) atoms. The van der Waals surface area contributed by atoms with Gasteiger partial charge in [-0.3, -0.25) is 4.79 Å². The summed E-state index contributed by atoms with van der Waals surface area (Å²) in [5.41, 5.74) is 1.64. The van der Waals surface area contributed by atoms with Crippen LogP contribution in [0.5, 0.6) is 5.75 Å². The number of hydrogen-bond acceptors (Lipinski definition) is 5. The molecule has 0 fully saturated rings. The quantitative estimate of drug-likeness (QED) is 0.426. The normalized spacial score (nSPS) is 14.7. The average molecular weight is 506 g/mol. The molecule has 0 atom stereocenters. The largest absolute Gasteiger partial charge is 0.497 e. The van der Waals surface area contributed by atoms with Crippen molar-refractivity contribution in [1.82, 2.24) is 0 Å². The van der Waals surface area contributed by atoms with Gasteiger partial charge in [-0.25, -0.2) is 8.42 Å². The molecule has 0 saturated heterocycles. The lowest BCUT2D eigenvalue weighted by Crippen LogP contribution is -2.18. The Balaban J connectivity index is 1.60. The number of hydrogen-bond donors (Lipinski definition) is 1. The number of sulfone groups is 1. The Morgan fingerprint density at radius 2 is 1.72 bits per heavy atom. The predicted octanol–water partition coefficient (Wildman–Crippen LogP) is 6.06. The Labute approximate surface area is 200 Å². The fourth-order valence-electron chi connectivity index (χ4n) is 3.13. The maximum atomic E-state index is 13.0. The lowest BCUT2D eigenvalue weighted by Gasteiger charge is -2.19. The number of ether oxygens (including phenoxy) is 1. The van der Waals surface area contributed by atoms with Crippen LogP contribution in [0.4, 0.5) is 5.69 Å². The van der Waals surface area contributed by atoms with Crippen molar-refractivity contribution in [2.75, 3.05) is 12.4 Å². The number of nitrogens with one attached hydrogen (secondary N) is 1. The number of fused-ring (bicyclic) bond motifs is 1. The van der Waals surface area contributed by atoms with Gasteiger partial charge < -0.3 is 10.1 Å². The van der Waals surface area contributed by atoms with E-state index in [2.05, 4.69) is 5.32 Å². The van der Waals surface area contributed by atoms with E-state index in [1.807, 2.05) is 24.3 Å². The first-order valence-corrected chi connectivity index (χ1v) is 12.6. The van der Waals surface area contributed by atoms with E-state index in [0.717, 1.165) is 16.2 Å². The monoisotopic (exact) mass is 505 g/mol. The van der Waals surface area contributed by atoms with Gasteiger partial charge in [-0.2, -0.15) is 0 Å². The second-order valence-electron chi connectivity index (χ2n) is 6.96. The minimum Gasteiger partial charge on any atom is -0.497 e. The van der Waals surface area contributed by atoms with Gasteiger partial charge in [0, 0.05) is 20.5 Å². The number of carbonyl (C=O) groups is 1. The molecule has 0 bridgehead atoms. The van der Waals surface area contributed by atoms with Gasteiger partial charge in [-0.05, 0) is 54.1 Å². The molecule has 1 heterocycles. The fraction of sp³-hybridized carbons (Fsp3) is 0.0870. The first-order valence-electron chi connectivity index (χ1n) is 9.41. The van der Waals surface area contributed by atoms with Crippen molar-refractivity contribution in [3.05, 3.63) is 86.7 Å². The molecule has 0 aliphatic carbocycles. The first-order chi connectivity index (χ1) is 15.3. The minimum absolute atomic E-state index is 0.0794. The van der Waals surface area contributed by atoms with E-state index in [4.69, 9.17) is 27.9 Å². The molecule has 0 unspecified atom stereocenters. The molecular formula is C23H17Cl2NO4S2. The molecule has 1 aliphatic heterocycles. The smallest absolute Gasteiger partial charge is 0.262 e. The molecule has 3 aromatic carbocycles. The molecule has 1 aliphatic rings. The van der Waals surface area contributed by atoms with Crippen LogP contribution in [0.15, 0.2) is 75.4 Å². The zero-order chi connectivity index (χ0) is 22.9. The number of methoxy groups -OCH3 is 1. The van der Waals surface area contributed by atoms with Gasteiger partial charge in [0.15, 0.2) is 9.84 Å². The molecule has 3 aromatic rings. The molecule has 9 heteroatoms. The van der Waals surface area contributed by atoms with E-state index in [0.29, 0.717) is 16.2 Å². The van der Waals surface area contributed by atoms with Crippen LogP contribution >= 0.6 is 35.0 Å². The van der Waals surface area contributed by atoms with Crippen LogP contribution in [0, 0.1) is 0 Å². The molecule has 0 saturated carbocycles. The van der Waals surface area contributed by atoms with E-state index >= 15 is 0 Å². The van der Waals surface area contributed by atoms with Gasteiger partial charge in [0.1, 0.15) is 5.75 Å². The number of amides is 1. The van der Waals surface area contributed by atoms with Gasteiger partial charge in [-0.15, -0.1) is 0 Å². The van der Waals surface area contributed by atoms with Crippen molar-refractivity contribution in [1.29, 1.82) is 0 Å². The summed E-state index contributed by atoms with van der Waals surface area (Å²) in [7, 11) is -2.14. The van der Waals surface area contributed by atoms with Crippen LogP contribution in [-0.2, 0) is 20.4 Å². The average Bonchev–Trinajstić information content (AvgIpc) is 2.77. The molecule has 4 rings (SSSR count). The number of thioether (sulfide) groups is 1. The van der Waals surface area contributed by atoms with E-state index in [9.17, 15) is 13.2 Å². The van der Waals surface area contributed by atoms with Crippen LogP contribution in [0.2, 0.25) is 10.0 Å². The third-order valence-electron chi connectivity index (χ3n) is 4.81. The number of benzene rings is 3. The SMILES string of the molecule is COc1ccc(/C=C2/Sc3ccc(S(=O)(=O)Cc4c(Cl)cccc4Cl)cc3NC2=O)cc1. The zero-order valence-electron chi connectivity index (χ0n) is 16.8. The summed E-state index contributed by atoms with van der Waals surface area (Å²) in [6.07, 6.45) is 1.77. The Morgan fingerprint density at radius 1 is 1.03 bits per heavy atom. The maximum absolute atomic E-state index is 13.0. The molecule has 1 amide bonds. The van der Waals surface area contributed by atoms with Gasteiger partial charge in [0.2, 0.25) is 0 Å². The van der Waals surface area contributed by atoms with Crippen molar-refractivity contribution in [2.45, 2.75) is 15.5 Å². The van der Waals surface area contributed by atoms with Crippen molar-refractivity contribution in [2.24, 2.45) is 0 Å². The summed E-state index contributed by atoms with van der Waals surface area (Å²) in [6, 6.07) is 16.8. The van der Waals surface area contributed by atoms with Crippen LogP contribution in [0.25, 0.3) is 6.08 Å². The van der Waals surface area contributed by atoms with Gasteiger partial charge >= 0.3 is 0 Å². The van der Waals surface area contributed by atoms with Gasteiger partial charge in [0.05, 0.1) is 28.4 Å². The summed E-state index contributed by atoms with van der Waals surface area (Å²) in [6.45, 7) is 0. The molecule has 5 nitrogen and oxygen atoms in total. The molecule has 0 radical (unpaired) electrons. The highest BCUT2D eigenvalue weighted by molar-refractivity contribution is 8.04.